The van der Waals surface area contributed by atoms with Gasteiger partial charge in [-0.05, 0) is 209 Å². The number of rotatable bonds is 10. The lowest BCUT2D eigenvalue weighted by Crippen LogP contribution is -2.54. The van der Waals surface area contributed by atoms with Crippen LogP contribution in [0.25, 0.3) is 0 Å². The molecule has 5 nitrogen and oxygen atoms in total. The monoisotopic (exact) mass is 806 g/mol. The fourth-order valence-electron chi connectivity index (χ4n) is 16.4. The molecule has 0 aliphatic heterocycles. The molecule has 14 atom stereocenters. The Labute approximate surface area is 354 Å². The average molecular weight is 806 g/mol. The van der Waals surface area contributed by atoms with E-state index in [9.17, 15) is 14.7 Å². The molecule has 0 bridgehead atoms. The summed E-state index contributed by atoms with van der Waals surface area (Å²) in [6.07, 6.45) is 21.7. The highest BCUT2D eigenvalue weighted by molar-refractivity contribution is 5.93. The molecule has 6 saturated carbocycles. The third kappa shape index (κ3) is 7.38. The van der Waals surface area contributed by atoms with Gasteiger partial charge < -0.3 is 14.7 Å². The number of ketones is 1. The van der Waals surface area contributed by atoms with Crippen LogP contribution in [0.5, 0.6) is 0 Å². The number of fused-ring (bicyclic) bond motifs is 9. The summed E-state index contributed by atoms with van der Waals surface area (Å²) in [6.45, 7) is 10.8. The molecule has 0 heterocycles. The maximum absolute atomic E-state index is 16.3. The number of likely N-dealkylation sites (N-methyl/N-ethyl adjacent to an activating group) is 1. The topological polar surface area (TPSA) is 66.8 Å². The van der Waals surface area contributed by atoms with Crippen molar-refractivity contribution in [3.05, 3.63) is 52.4 Å². The van der Waals surface area contributed by atoms with Crippen molar-refractivity contribution in [2.45, 2.75) is 155 Å². The molecular formula is C53H72FNO4. The number of allylic oxidation sites excluding steroid dienone is 4. The highest BCUT2D eigenvalue weighted by Crippen LogP contribution is 2.68. The molecule has 9 rings (SSSR count). The van der Waals surface area contributed by atoms with Crippen LogP contribution in [0.3, 0.4) is 0 Å². The first kappa shape index (κ1) is 41.4. The van der Waals surface area contributed by atoms with Crippen LogP contribution in [0.15, 0.2) is 41.0 Å². The highest BCUT2D eigenvalue weighted by atomic mass is 19.1. The zero-order valence-electron chi connectivity index (χ0n) is 36.9. The molecule has 320 valence electrons. The van der Waals surface area contributed by atoms with Gasteiger partial charge in [0.15, 0.2) is 5.78 Å². The Morgan fingerprint density at radius 1 is 0.949 bits per heavy atom. The number of carbonyl (C=O) groups is 2. The highest BCUT2D eigenvalue weighted by Gasteiger charge is 2.61. The van der Waals surface area contributed by atoms with Crippen molar-refractivity contribution in [3.63, 3.8) is 0 Å². The lowest BCUT2D eigenvalue weighted by atomic mass is 9.44. The van der Waals surface area contributed by atoms with E-state index in [1.54, 1.807) is 0 Å². The quantitative estimate of drug-likeness (QED) is 0.239. The number of carboxylic acid groups (broad SMARTS) is 1. The predicted octanol–water partition coefficient (Wildman–Crippen LogP) is 12.0. The number of halogens is 1. The first-order valence-electron chi connectivity index (χ1n) is 24.1. The van der Waals surface area contributed by atoms with Crippen molar-refractivity contribution in [3.8, 4) is 11.8 Å². The summed E-state index contributed by atoms with van der Waals surface area (Å²) >= 11 is 0. The van der Waals surface area contributed by atoms with Gasteiger partial charge in [0, 0.05) is 38.3 Å². The van der Waals surface area contributed by atoms with Crippen LogP contribution in [0, 0.1) is 87.7 Å². The number of hydrogen-bond donors (Lipinski definition) is 1. The van der Waals surface area contributed by atoms with Crippen molar-refractivity contribution >= 4 is 17.4 Å². The molecule has 0 aromatic heterocycles. The standard InChI is InChI=1S/C53H72FNO4/c1-6-7-33-9-14-40-41-15-10-34-28-37(56)13-17-39(34)51(41)44(31-43(33)40)35-11-20-49(48(54)29-35)55(5)26-27-59-38-22-24-52(3)36(30-38)12-16-42-46-19-18-45(32(2)8-21-50(57)58)53(46,4)25-23-47(42)52/h11,20,28-29,32-33,36,38,40-47H,8-10,12-19,21-27,30-31H2,1-5H3,(H,57,58)/t32?,33?,36?,38?,40?,41?,42?,43?,44-,45?,46?,47?,52?,53?/m1/s1. The summed E-state index contributed by atoms with van der Waals surface area (Å²) in [5.41, 5.74) is 6.71. The maximum atomic E-state index is 16.3. The molecule has 8 aliphatic carbocycles. The van der Waals surface area contributed by atoms with Crippen molar-refractivity contribution in [2.24, 2.45) is 70.0 Å². The molecule has 6 fully saturated rings. The minimum atomic E-state index is -0.654. The number of aliphatic carboxylic acids is 1. The van der Waals surface area contributed by atoms with Crippen LogP contribution in [0.1, 0.15) is 155 Å². The van der Waals surface area contributed by atoms with Crippen molar-refractivity contribution < 1.29 is 23.8 Å². The van der Waals surface area contributed by atoms with E-state index >= 15 is 4.39 Å². The number of ether oxygens (including phenoxy) is 1. The second-order valence-electron chi connectivity index (χ2n) is 21.6. The number of hydrogen-bond acceptors (Lipinski definition) is 4. The van der Waals surface area contributed by atoms with Crippen LogP contribution < -0.4 is 4.90 Å². The van der Waals surface area contributed by atoms with E-state index in [0.29, 0.717) is 83.9 Å². The number of carbonyl (C=O) groups excluding carboxylic acids is 1. The van der Waals surface area contributed by atoms with Crippen LogP contribution >= 0.6 is 0 Å². The molecule has 0 amide bonds. The first-order chi connectivity index (χ1) is 28.4. The van der Waals surface area contributed by atoms with Gasteiger partial charge in [-0.15, -0.1) is 5.92 Å². The van der Waals surface area contributed by atoms with Gasteiger partial charge in [-0.1, -0.05) is 38.3 Å². The van der Waals surface area contributed by atoms with Crippen LogP contribution in [-0.4, -0.2) is 43.2 Å². The maximum Gasteiger partial charge on any atom is 0.303 e. The van der Waals surface area contributed by atoms with Crippen LogP contribution in [0.2, 0.25) is 0 Å². The average Bonchev–Trinajstić information content (AvgIpc) is 3.79. The minimum absolute atomic E-state index is 0.145. The molecule has 8 aliphatic rings. The fraction of sp³-hybridized carbons (Fsp3) is 0.736. The van der Waals surface area contributed by atoms with Gasteiger partial charge in [-0.2, -0.15) is 0 Å². The normalized spacial score (nSPS) is 40.3. The molecule has 1 N–H and O–H groups in total. The summed E-state index contributed by atoms with van der Waals surface area (Å²) in [5.74, 6) is 12.9. The van der Waals surface area contributed by atoms with E-state index in [2.05, 4.69) is 38.7 Å². The SMILES string of the molecule is CC#CC1CCC2C3CCC4=CC(=O)CCC4=C3[C@@H](c3ccc(N(C)CCOC4CCC5(C)C(CCC6C5CCC5(C)C(C(C)CCC(=O)O)CCC65)C4)c(F)c3)CC12. The summed E-state index contributed by atoms with van der Waals surface area (Å²) in [4.78, 5) is 25.9. The van der Waals surface area contributed by atoms with Gasteiger partial charge in [-0.3, -0.25) is 9.59 Å². The largest absolute Gasteiger partial charge is 0.481 e. The lowest BCUT2D eigenvalue weighted by Gasteiger charge is -2.61. The predicted molar refractivity (Wildman–Crippen MR) is 233 cm³/mol. The second-order valence-corrected chi connectivity index (χ2v) is 21.6. The zero-order valence-corrected chi connectivity index (χ0v) is 36.9. The smallest absolute Gasteiger partial charge is 0.303 e. The van der Waals surface area contributed by atoms with Crippen molar-refractivity contribution in [1.82, 2.24) is 0 Å². The van der Waals surface area contributed by atoms with E-state index < -0.39 is 5.97 Å². The molecule has 1 aromatic rings. The third-order valence-electron chi connectivity index (χ3n) is 19.2. The first-order valence-corrected chi connectivity index (χ1v) is 24.1. The van der Waals surface area contributed by atoms with E-state index in [0.717, 1.165) is 68.3 Å². The zero-order chi connectivity index (χ0) is 41.2. The van der Waals surface area contributed by atoms with E-state index in [1.165, 1.54) is 74.5 Å². The van der Waals surface area contributed by atoms with Gasteiger partial charge in [0.1, 0.15) is 5.82 Å². The van der Waals surface area contributed by atoms with E-state index in [1.807, 2.05) is 37.1 Å². The molecule has 1 aromatic carbocycles. The Hall–Kier alpha value is -2.91. The molecule has 0 spiro atoms. The molecule has 0 saturated heterocycles. The van der Waals surface area contributed by atoms with Gasteiger partial charge >= 0.3 is 5.97 Å². The summed E-state index contributed by atoms with van der Waals surface area (Å²) in [6, 6.07) is 6.05. The molecule has 13 unspecified atom stereocenters. The molecule has 59 heavy (non-hydrogen) atoms. The van der Waals surface area contributed by atoms with E-state index in [-0.39, 0.29) is 23.6 Å². The van der Waals surface area contributed by atoms with Gasteiger partial charge in [-0.25, -0.2) is 4.39 Å². The Morgan fingerprint density at radius 3 is 2.54 bits per heavy atom. The van der Waals surface area contributed by atoms with Crippen LogP contribution in [-0.2, 0) is 14.3 Å². The van der Waals surface area contributed by atoms with E-state index in [4.69, 9.17) is 4.74 Å². The Morgan fingerprint density at radius 2 is 1.75 bits per heavy atom. The van der Waals surface area contributed by atoms with Gasteiger partial charge in [0.2, 0.25) is 0 Å². The number of anilines is 1. The molecule has 0 radical (unpaired) electrons. The number of benzene rings is 1. The fourth-order valence-corrected chi connectivity index (χ4v) is 16.4. The summed E-state index contributed by atoms with van der Waals surface area (Å²) in [7, 11) is 2.01. The Balaban J connectivity index is 0.823. The third-order valence-corrected chi connectivity index (χ3v) is 19.2. The molecular weight excluding hydrogens is 734 g/mol. The number of nitrogens with zero attached hydrogens (tertiary/aromatic N) is 1. The summed E-state index contributed by atoms with van der Waals surface area (Å²) < 4.78 is 23.0. The van der Waals surface area contributed by atoms with Gasteiger partial charge in [0.25, 0.3) is 0 Å². The molecule has 6 heteroatoms. The van der Waals surface area contributed by atoms with Gasteiger partial charge in [0.05, 0.1) is 18.4 Å². The Kier molecular flexibility index (Phi) is 11.5. The van der Waals surface area contributed by atoms with Crippen LogP contribution in [0.4, 0.5) is 10.1 Å². The number of carboxylic acids is 1. The minimum Gasteiger partial charge on any atom is -0.481 e. The summed E-state index contributed by atoms with van der Waals surface area (Å²) in [5, 5.41) is 9.35. The van der Waals surface area contributed by atoms with Crippen molar-refractivity contribution in [1.29, 1.82) is 0 Å². The Bertz CT molecular complexity index is 1920. The van der Waals surface area contributed by atoms with Crippen molar-refractivity contribution in [2.75, 3.05) is 25.1 Å². The second kappa shape index (κ2) is 16.4. The lowest BCUT2D eigenvalue weighted by molar-refractivity contribution is -0.139.